The molecule has 0 aromatic heterocycles. The van der Waals surface area contributed by atoms with Gasteiger partial charge in [0, 0.05) is 5.56 Å². The molecule has 0 heterocycles. The van der Waals surface area contributed by atoms with Crippen molar-refractivity contribution in [1.29, 1.82) is 0 Å². The van der Waals surface area contributed by atoms with E-state index in [1.807, 2.05) is 0 Å². The molecule has 1 aromatic carbocycles. The zero-order chi connectivity index (χ0) is 29.6. The topological polar surface area (TPSA) is 55.4 Å². The number of unbranched alkanes of at least 4 members (excludes halogenated alkanes) is 17. The van der Waals surface area contributed by atoms with Crippen LogP contribution in [0.2, 0.25) is 0 Å². The standard InChI is InChI=1S/C33H54F3NO3/c1-4-5-6-7-8-9-10-11-12-13-14-15-16-17-18-19-20-21-25-40-32(39)30(27(2)3)37-31(38)28-23-22-24-29(26-28)33(34,35)36/h22-24,26-27,30H,4-21,25H2,1-3H3,(H,37,38). The molecule has 0 bridgehead atoms. The second-order valence-electron chi connectivity index (χ2n) is 11.5. The summed E-state index contributed by atoms with van der Waals surface area (Å²) in [6.07, 6.45) is 18.5. The molecule has 1 N–H and O–H groups in total. The number of hydrogen-bond acceptors (Lipinski definition) is 3. The minimum absolute atomic E-state index is 0.142. The van der Waals surface area contributed by atoms with E-state index in [2.05, 4.69) is 12.2 Å². The number of carbonyl (C=O) groups excluding carboxylic acids is 2. The molecule has 1 atom stereocenters. The highest BCUT2D eigenvalue weighted by Crippen LogP contribution is 2.29. The average Bonchev–Trinajstić information content (AvgIpc) is 2.92. The van der Waals surface area contributed by atoms with Crippen molar-refractivity contribution in [1.82, 2.24) is 5.32 Å². The Balaban J connectivity index is 2.08. The average molecular weight is 570 g/mol. The van der Waals surface area contributed by atoms with Gasteiger partial charge in [-0.25, -0.2) is 4.79 Å². The minimum Gasteiger partial charge on any atom is -0.464 e. The van der Waals surface area contributed by atoms with Gasteiger partial charge in [-0.1, -0.05) is 136 Å². The van der Waals surface area contributed by atoms with Crippen LogP contribution < -0.4 is 5.32 Å². The zero-order valence-electron chi connectivity index (χ0n) is 25.3. The maximum absolute atomic E-state index is 13.0. The van der Waals surface area contributed by atoms with Crippen LogP contribution in [0.3, 0.4) is 0 Å². The van der Waals surface area contributed by atoms with Crippen molar-refractivity contribution < 1.29 is 27.5 Å². The molecule has 0 saturated heterocycles. The largest absolute Gasteiger partial charge is 0.464 e. The lowest BCUT2D eigenvalue weighted by molar-refractivity contribution is -0.147. The number of esters is 1. The first-order chi connectivity index (χ1) is 19.2. The molecule has 1 rings (SSSR count). The highest BCUT2D eigenvalue weighted by atomic mass is 19.4. The van der Waals surface area contributed by atoms with Crippen molar-refractivity contribution >= 4 is 11.9 Å². The summed E-state index contributed by atoms with van der Waals surface area (Å²) in [6, 6.07) is 3.25. The Labute approximate surface area is 241 Å². The van der Waals surface area contributed by atoms with E-state index < -0.39 is 29.7 Å². The van der Waals surface area contributed by atoms with Crippen molar-refractivity contribution in [3.05, 3.63) is 35.4 Å². The first kappa shape index (κ1) is 36.0. The number of carbonyl (C=O) groups is 2. The van der Waals surface area contributed by atoms with Crippen molar-refractivity contribution in [2.75, 3.05) is 6.61 Å². The molecule has 0 aliphatic rings. The lowest BCUT2D eigenvalue weighted by Gasteiger charge is -2.21. The summed E-state index contributed by atoms with van der Waals surface area (Å²) in [6.45, 7) is 6.06. The third-order valence-corrected chi connectivity index (χ3v) is 7.40. The van der Waals surface area contributed by atoms with E-state index in [1.54, 1.807) is 13.8 Å². The molecule has 1 amide bonds. The SMILES string of the molecule is CCCCCCCCCCCCCCCCCCCCOC(=O)C(NC(=O)c1cccc(C(F)(F)F)c1)C(C)C. The van der Waals surface area contributed by atoms with E-state index in [9.17, 15) is 22.8 Å². The molecule has 40 heavy (non-hydrogen) atoms. The quantitative estimate of drug-likeness (QED) is 0.105. The minimum atomic E-state index is -4.54. The molecule has 0 spiro atoms. The van der Waals surface area contributed by atoms with E-state index in [-0.39, 0.29) is 18.1 Å². The van der Waals surface area contributed by atoms with Crippen LogP contribution in [0.25, 0.3) is 0 Å². The summed E-state index contributed by atoms with van der Waals surface area (Å²) in [5.74, 6) is -1.54. The monoisotopic (exact) mass is 569 g/mol. The molecule has 0 radical (unpaired) electrons. The molecule has 7 heteroatoms. The van der Waals surface area contributed by atoms with Gasteiger partial charge in [0.15, 0.2) is 0 Å². The Kier molecular flexibility index (Phi) is 19.5. The van der Waals surface area contributed by atoms with Crippen LogP contribution >= 0.6 is 0 Å². The Morgan fingerprint density at radius 2 is 1.20 bits per heavy atom. The number of nitrogens with one attached hydrogen (secondary N) is 1. The third kappa shape index (κ3) is 16.9. The van der Waals surface area contributed by atoms with Gasteiger partial charge in [-0.05, 0) is 30.5 Å². The van der Waals surface area contributed by atoms with Crippen molar-refractivity contribution in [3.63, 3.8) is 0 Å². The number of alkyl halides is 3. The number of benzene rings is 1. The van der Waals surface area contributed by atoms with Crippen LogP contribution in [0.1, 0.15) is 152 Å². The Bertz CT molecular complexity index is 810. The fourth-order valence-electron chi connectivity index (χ4n) is 4.83. The predicted molar refractivity (Wildman–Crippen MR) is 157 cm³/mol. The number of halogens is 3. The summed E-state index contributed by atoms with van der Waals surface area (Å²) in [4.78, 5) is 25.1. The summed E-state index contributed by atoms with van der Waals surface area (Å²) in [7, 11) is 0. The molecule has 0 aliphatic carbocycles. The fourth-order valence-corrected chi connectivity index (χ4v) is 4.83. The molecule has 1 aromatic rings. The molecular formula is C33H54F3NO3. The second-order valence-corrected chi connectivity index (χ2v) is 11.5. The summed E-state index contributed by atoms with van der Waals surface area (Å²) >= 11 is 0. The van der Waals surface area contributed by atoms with Gasteiger partial charge in [-0.15, -0.1) is 0 Å². The van der Waals surface area contributed by atoms with Crippen LogP contribution in [0.4, 0.5) is 13.2 Å². The Hall–Kier alpha value is -2.05. The van der Waals surface area contributed by atoms with Crippen LogP contribution in [0.15, 0.2) is 24.3 Å². The van der Waals surface area contributed by atoms with E-state index >= 15 is 0 Å². The van der Waals surface area contributed by atoms with Gasteiger partial charge < -0.3 is 10.1 Å². The van der Waals surface area contributed by atoms with Crippen LogP contribution in [0, 0.1) is 5.92 Å². The maximum Gasteiger partial charge on any atom is 0.416 e. The highest BCUT2D eigenvalue weighted by Gasteiger charge is 2.32. The first-order valence-corrected chi connectivity index (χ1v) is 15.8. The number of hydrogen-bond donors (Lipinski definition) is 1. The van der Waals surface area contributed by atoms with Crippen molar-refractivity contribution in [2.24, 2.45) is 5.92 Å². The molecule has 0 saturated carbocycles. The van der Waals surface area contributed by atoms with E-state index in [1.165, 1.54) is 108 Å². The normalized spacial score (nSPS) is 12.5. The molecule has 4 nitrogen and oxygen atoms in total. The number of rotatable bonds is 23. The fraction of sp³-hybridized carbons (Fsp3) is 0.758. The third-order valence-electron chi connectivity index (χ3n) is 7.40. The van der Waals surface area contributed by atoms with Crippen LogP contribution in [-0.2, 0) is 15.7 Å². The van der Waals surface area contributed by atoms with Gasteiger partial charge in [0.2, 0.25) is 0 Å². The second kappa shape index (κ2) is 21.7. The highest BCUT2D eigenvalue weighted by molar-refractivity contribution is 5.97. The molecule has 1 unspecified atom stereocenters. The van der Waals surface area contributed by atoms with Crippen LogP contribution in [0.5, 0.6) is 0 Å². The lowest BCUT2D eigenvalue weighted by atomic mass is 10.0. The number of ether oxygens (including phenoxy) is 1. The Morgan fingerprint density at radius 3 is 1.62 bits per heavy atom. The molecular weight excluding hydrogens is 515 g/mol. The van der Waals surface area contributed by atoms with Gasteiger partial charge in [0.25, 0.3) is 5.91 Å². The van der Waals surface area contributed by atoms with Crippen molar-refractivity contribution in [2.45, 2.75) is 149 Å². The summed E-state index contributed by atoms with van der Waals surface area (Å²) < 4.78 is 44.2. The summed E-state index contributed by atoms with van der Waals surface area (Å²) in [5, 5.41) is 2.54. The summed E-state index contributed by atoms with van der Waals surface area (Å²) in [5.41, 5.74) is -1.05. The zero-order valence-corrected chi connectivity index (χ0v) is 25.3. The first-order valence-electron chi connectivity index (χ1n) is 15.8. The van der Waals surface area contributed by atoms with Gasteiger partial charge in [-0.3, -0.25) is 4.79 Å². The van der Waals surface area contributed by atoms with Gasteiger partial charge >= 0.3 is 12.1 Å². The van der Waals surface area contributed by atoms with Crippen LogP contribution in [-0.4, -0.2) is 24.5 Å². The van der Waals surface area contributed by atoms with Gasteiger partial charge in [0.1, 0.15) is 6.04 Å². The van der Waals surface area contributed by atoms with Crippen molar-refractivity contribution in [3.8, 4) is 0 Å². The van der Waals surface area contributed by atoms with Gasteiger partial charge in [0.05, 0.1) is 12.2 Å². The molecule has 0 aliphatic heterocycles. The molecule has 0 fully saturated rings. The van der Waals surface area contributed by atoms with Gasteiger partial charge in [-0.2, -0.15) is 13.2 Å². The number of amides is 1. The van der Waals surface area contributed by atoms with E-state index in [0.29, 0.717) is 0 Å². The van der Waals surface area contributed by atoms with E-state index in [4.69, 9.17) is 4.74 Å². The lowest BCUT2D eigenvalue weighted by Crippen LogP contribution is -2.45. The smallest absolute Gasteiger partial charge is 0.416 e. The van der Waals surface area contributed by atoms with E-state index in [0.717, 1.165) is 31.4 Å². The maximum atomic E-state index is 13.0. The molecule has 230 valence electrons. The Morgan fingerprint density at radius 1 is 0.750 bits per heavy atom. The predicted octanol–water partition coefficient (Wildman–Crippen LogP) is 10.0.